The number of benzene rings is 1. The fraction of sp³-hybridized carbons (Fsp3) is 0.214. The number of aromatic nitrogens is 1. The van der Waals surface area contributed by atoms with Gasteiger partial charge in [0.05, 0.1) is 6.61 Å². The second kappa shape index (κ2) is 6.02. The van der Waals surface area contributed by atoms with E-state index in [0.717, 1.165) is 5.69 Å². The summed E-state index contributed by atoms with van der Waals surface area (Å²) in [6, 6.07) is 12.6. The van der Waals surface area contributed by atoms with E-state index in [2.05, 4.69) is 4.98 Å². The van der Waals surface area contributed by atoms with Crippen LogP contribution in [0.1, 0.15) is 11.6 Å². The van der Waals surface area contributed by atoms with Gasteiger partial charge in [-0.05, 0) is 24.3 Å². The molecule has 0 aliphatic heterocycles. The molecule has 1 heterocycles. The molecule has 0 fully saturated rings. The molecule has 1 aromatic carbocycles. The molecule has 0 aliphatic carbocycles. The molecule has 18 heavy (non-hydrogen) atoms. The van der Waals surface area contributed by atoms with Crippen LogP contribution in [0.15, 0.2) is 48.7 Å². The van der Waals surface area contributed by atoms with Crippen LogP contribution in [-0.2, 0) is 0 Å². The fourth-order valence-corrected chi connectivity index (χ4v) is 1.66. The summed E-state index contributed by atoms with van der Waals surface area (Å²) in [5, 5.41) is 9.59. The topological polar surface area (TPSA) is 68.4 Å². The van der Waals surface area contributed by atoms with Crippen molar-refractivity contribution in [3.8, 4) is 11.5 Å². The number of nitrogens with zero attached hydrogens (tertiary/aromatic N) is 1. The Morgan fingerprint density at radius 2 is 1.94 bits per heavy atom. The van der Waals surface area contributed by atoms with Gasteiger partial charge >= 0.3 is 0 Å². The molecule has 0 aliphatic rings. The van der Waals surface area contributed by atoms with Crippen LogP contribution in [0.25, 0.3) is 0 Å². The normalized spacial score (nSPS) is 12.1. The maximum Gasteiger partial charge on any atom is 0.160 e. The minimum Gasteiger partial charge on any atom is -0.504 e. The van der Waals surface area contributed by atoms with Gasteiger partial charge in [-0.1, -0.05) is 18.2 Å². The molecular formula is C14H16N2O2. The van der Waals surface area contributed by atoms with Crippen molar-refractivity contribution >= 4 is 0 Å². The van der Waals surface area contributed by atoms with E-state index in [0.29, 0.717) is 18.9 Å². The van der Waals surface area contributed by atoms with Crippen molar-refractivity contribution < 1.29 is 9.84 Å². The standard InChI is InChI=1S/C14H16N2O2/c15-9-11(12-5-3-4-8-16-12)10-18-14-7-2-1-6-13(14)17/h1-8,11,17H,9-10,15H2. The van der Waals surface area contributed by atoms with Crippen molar-refractivity contribution in [2.45, 2.75) is 5.92 Å². The molecule has 4 heteroatoms. The van der Waals surface area contributed by atoms with Crippen molar-refractivity contribution in [3.05, 3.63) is 54.4 Å². The summed E-state index contributed by atoms with van der Waals surface area (Å²) in [7, 11) is 0. The van der Waals surface area contributed by atoms with E-state index in [4.69, 9.17) is 10.5 Å². The van der Waals surface area contributed by atoms with Crippen molar-refractivity contribution in [1.82, 2.24) is 4.98 Å². The monoisotopic (exact) mass is 244 g/mol. The second-order valence-electron chi connectivity index (χ2n) is 3.97. The number of phenolic OH excluding ortho intramolecular Hbond substituents is 1. The van der Waals surface area contributed by atoms with Gasteiger partial charge in [0, 0.05) is 24.4 Å². The lowest BCUT2D eigenvalue weighted by atomic mass is 10.1. The molecule has 0 radical (unpaired) electrons. The first-order chi connectivity index (χ1) is 8.81. The van der Waals surface area contributed by atoms with E-state index in [1.807, 2.05) is 24.3 Å². The van der Waals surface area contributed by atoms with Gasteiger partial charge in [0.2, 0.25) is 0 Å². The number of pyridine rings is 1. The van der Waals surface area contributed by atoms with Crippen LogP contribution >= 0.6 is 0 Å². The maximum absolute atomic E-state index is 9.59. The molecule has 0 amide bonds. The third-order valence-electron chi connectivity index (χ3n) is 2.70. The lowest BCUT2D eigenvalue weighted by Crippen LogP contribution is -2.20. The van der Waals surface area contributed by atoms with Crippen LogP contribution in [0.3, 0.4) is 0 Å². The zero-order valence-corrected chi connectivity index (χ0v) is 9.99. The molecule has 1 atom stereocenters. The Morgan fingerprint density at radius 1 is 1.17 bits per heavy atom. The first-order valence-electron chi connectivity index (χ1n) is 5.83. The zero-order valence-electron chi connectivity index (χ0n) is 9.99. The number of aromatic hydroxyl groups is 1. The van der Waals surface area contributed by atoms with Crippen molar-refractivity contribution in [1.29, 1.82) is 0 Å². The van der Waals surface area contributed by atoms with E-state index in [9.17, 15) is 5.11 Å². The number of hydrogen-bond acceptors (Lipinski definition) is 4. The number of hydrogen-bond donors (Lipinski definition) is 2. The quantitative estimate of drug-likeness (QED) is 0.843. The van der Waals surface area contributed by atoms with Crippen LogP contribution < -0.4 is 10.5 Å². The van der Waals surface area contributed by atoms with Crippen LogP contribution in [-0.4, -0.2) is 23.2 Å². The lowest BCUT2D eigenvalue weighted by molar-refractivity contribution is 0.274. The molecule has 0 saturated heterocycles. The molecule has 4 nitrogen and oxygen atoms in total. The van der Waals surface area contributed by atoms with Gasteiger partial charge < -0.3 is 15.6 Å². The van der Waals surface area contributed by atoms with Crippen molar-refractivity contribution in [2.24, 2.45) is 5.73 Å². The summed E-state index contributed by atoms with van der Waals surface area (Å²) in [6.07, 6.45) is 1.73. The number of ether oxygens (including phenoxy) is 1. The van der Waals surface area contributed by atoms with Crippen molar-refractivity contribution in [2.75, 3.05) is 13.2 Å². The Labute approximate surface area is 106 Å². The highest BCUT2D eigenvalue weighted by Gasteiger charge is 2.12. The van der Waals surface area contributed by atoms with Crippen LogP contribution in [0.2, 0.25) is 0 Å². The van der Waals surface area contributed by atoms with E-state index >= 15 is 0 Å². The predicted molar refractivity (Wildman–Crippen MR) is 69.6 cm³/mol. The first-order valence-corrected chi connectivity index (χ1v) is 5.83. The average Bonchev–Trinajstić information content (AvgIpc) is 2.42. The third kappa shape index (κ3) is 2.99. The average molecular weight is 244 g/mol. The van der Waals surface area contributed by atoms with E-state index < -0.39 is 0 Å². The maximum atomic E-state index is 9.59. The Kier molecular flexibility index (Phi) is 4.15. The number of nitrogens with two attached hydrogens (primary N) is 1. The number of rotatable bonds is 5. The minimum atomic E-state index is 0.0193. The smallest absolute Gasteiger partial charge is 0.160 e. The summed E-state index contributed by atoms with van der Waals surface area (Å²) in [5.74, 6) is 0.618. The SMILES string of the molecule is NCC(COc1ccccc1O)c1ccccn1. The van der Waals surface area contributed by atoms with Crippen LogP contribution in [0.4, 0.5) is 0 Å². The fourth-order valence-electron chi connectivity index (χ4n) is 1.66. The number of phenols is 1. The Balaban J connectivity index is 2.02. The zero-order chi connectivity index (χ0) is 12.8. The molecule has 1 aromatic heterocycles. The third-order valence-corrected chi connectivity index (χ3v) is 2.70. The molecule has 2 aromatic rings. The summed E-state index contributed by atoms with van der Waals surface area (Å²) in [6.45, 7) is 0.843. The summed E-state index contributed by atoms with van der Waals surface area (Å²) < 4.78 is 5.57. The van der Waals surface area contributed by atoms with Gasteiger partial charge in [0.25, 0.3) is 0 Å². The summed E-state index contributed by atoms with van der Waals surface area (Å²) in [5.41, 5.74) is 6.62. The Hall–Kier alpha value is -2.07. The van der Waals surface area contributed by atoms with Gasteiger partial charge in [0.15, 0.2) is 11.5 Å². The molecule has 2 rings (SSSR count). The Morgan fingerprint density at radius 3 is 2.61 bits per heavy atom. The number of para-hydroxylation sites is 2. The van der Waals surface area contributed by atoms with E-state index in [-0.39, 0.29) is 11.7 Å². The molecule has 0 saturated carbocycles. The largest absolute Gasteiger partial charge is 0.504 e. The summed E-state index contributed by atoms with van der Waals surface area (Å²) >= 11 is 0. The molecule has 3 N–H and O–H groups in total. The first kappa shape index (κ1) is 12.4. The highest BCUT2D eigenvalue weighted by atomic mass is 16.5. The highest BCUT2D eigenvalue weighted by molar-refractivity contribution is 5.38. The van der Waals surface area contributed by atoms with Gasteiger partial charge in [-0.25, -0.2) is 0 Å². The lowest BCUT2D eigenvalue weighted by Gasteiger charge is -2.15. The highest BCUT2D eigenvalue weighted by Crippen LogP contribution is 2.25. The van der Waals surface area contributed by atoms with Gasteiger partial charge in [-0.2, -0.15) is 0 Å². The summed E-state index contributed by atoms with van der Waals surface area (Å²) in [4.78, 5) is 4.26. The molecule has 0 bridgehead atoms. The van der Waals surface area contributed by atoms with Crippen LogP contribution in [0, 0.1) is 0 Å². The van der Waals surface area contributed by atoms with Crippen molar-refractivity contribution in [3.63, 3.8) is 0 Å². The van der Waals surface area contributed by atoms with Crippen LogP contribution in [0.5, 0.6) is 11.5 Å². The Bertz CT molecular complexity index is 488. The van der Waals surface area contributed by atoms with E-state index in [1.165, 1.54) is 0 Å². The molecule has 94 valence electrons. The second-order valence-corrected chi connectivity index (χ2v) is 3.97. The molecular weight excluding hydrogens is 228 g/mol. The van der Waals surface area contributed by atoms with Gasteiger partial charge in [-0.3, -0.25) is 4.98 Å². The predicted octanol–water partition coefficient (Wildman–Crippen LogP) is 1.91. The van der Waals surface area contributed by atoms with Gasteiger partial charge in [-0.15, -0.1) is 0 Å². The minimum absolute atomic E-state index is 0.0193. The van der Waals surface area contributed by atoms with Gasteiger partial charge in [0.1, 0.15) is 0 Å². The molecule has 0 spiro atoms. The van der Waals surface area contributed by atoms with E-state index in [1.54, 1.807) is 24.4 Å². The molecule has 1 unspecified atom stereocenters.